The van der Waals surface area contributed by atoms with Gasteiger partial charge in [-0.15, -0.1) is 22.7 Å². The van der Waals surface area contributed by atoms with Crippen molar-refractivity contribution in [2.45, 2.75) is 38.6 Å². The topological polar surface area (TPSA) is 62.3 Å². The first-order valence-electron chi connectivity index (χ1n) is 8.10. The van der Waals surface area contributed by atoms with Gasteiger partial charge in [-0.05, 0) is 24.3 Å². The van der Waals surface area contributed by atoms with Crippen LogP contribution in [-0.4, -0.2) is 34.8 Å². The smallest absolute Gasteiger partial charge is 0.227 e. The molecule has 2 aromatic rings. The van der Waals surface area contributed by atoms with E-state index in [1.807, 2.05) is 27.8 Å². The minimum atomic E-state index is -0.0486. The molecule has 0 spiro atoms. The van der Waals surface area contributed by atoms with E-state index in [-0.39, 0.29) is 11.8 Å². The average molecular weight is 364 g/mol. The summed E-state index contributed by atoms with van der Waals surface area (Å²) in [6.07, 6.45) is 2.58. The lowest BCUT2D eigenvalue weighted by Crippen LogP contribution is -2.39. The molecule has 1 saturated heterocycles. The number of carbonyl (C=O) groups excluding carboxylic acids is 2. The molecule has 1 atom stereocenters. The highest BCUT2D eigenvalue weighted by Crippen LogP contribution is 2.29. The molecule has 5 nitrogen and oxygen atoms in total. The minimum absolute atomic E-state index is 0.0486. The van der Waals surface area contributed by atoms with Crippen LogP contribution in [0.1, 0.15) is 41.3 Å². The first kappa shape index (κ1) is 17.1. The fourth-order valence-corrected chi connectivity index (χ4v) is 4.53. The van der Waals surface area contributed by atoms with Crippen LogP contribution in [0.25, 0.3) is 0 Å². The normalized spacial score (nSPS) is 17.7. The summed E-state index contributed by atoms with van der Waals surface area (Å²) in [5, 5.41) is 7.85. The molecule has 24 heavy (non-hydrogen) atoms. The quantitative estimate of drug-likeness (QED) is 0.888. The van der Waals surface area contributed by atoms with Crippen LogP contribution in [0.15, 0.2) is 22.9 Å². The summed E-state index contributed by atoms with van der Waals surface area (Å²) in [4.78, 5) is 31.2. The van der Waals surface area contributed by atoms with Crippen LogP contribution in [-0.2, 0) is 22.6 Å². The molecule has 1 N–H and O–H groups in total. The Labute approximate surface area is 149 Å². The first-order valence-corrected chi connectivity index (χ1v) is 9.86. The Kier molecular flexibility index (Phi) is 5.63. The third kappa shape index (κ3) is 4.42. The Bertz CT molecular complexity index is 697. The lowest BCUT2D eigenvalue weighted by molar-refractivity contribution is -0.131. The van der Waals surface area contributed by atoms with Crippen molar-refractivity contribution in [3.63, 3.8) is 0 Å². The zero-order valence-corrected chi connectivity index (χ0v) is 15.3. The first-order chi connectivity index (χ1) is 11.6. The Balaban J connectivity index is 1.58. The molecule has 3 heterocycles. The van der Waals surface area contributed by atoms with Crippen LogP contribution >= 0.6 is 22.7 Å². The van der Waals surface area contributed by atoms with E-state index in [1.165, 1.54) is 6.92 Å². The lowest BCUT2D eigenvalue weighted by atomic mass is 9.98. The SMILES string of the molecule is CC(=O)NCc1csc([C@H]2CCCN(C(=O)Cc3cccs3)C2)n1. The molecule has 3 rings (SSSR count). The number of hydrogen-bond acceptors (Lipinski definition) is 5. The zero-order valence-electron chi connectivity index (χ0n) is 13.7. The molecule has 0 aromatic carbocycles. The van der Waals surface area contributed by atoms with E-state index in [0.717, 1.165) is 41.5 Å². The second-order valence-corrected chi connectivity index (χ2v) is 7.94. The van der Waals surface area contributed by atoms with Crippen molar-refractivity contribution in [1.82, 2.24) is 15.2 Å². The van der Waals surface area contributed by atoms with E-state index < -0.39 is 0 Å². The van der Waals surface area contributed by atoms with Crippen molar-refractivity contribution >= 4 is 34.5 Å². The number of aromatic nitrogens is 1. The Hall–Kier alpha value is -1.73. The number of nitrogens with zero attached hydrogens (tertiary/aromatic N) is 2. The van der Waals surface area contributed by atoms with Gasteiger partial charge in [0.25, 0.3) is 0 Å². The number of rotatable bonds is 5. The molecular weight excluding hydrogens is 342 g/mol. The number of carbonyl (C=O) groups is 2. The monoisotopic (exact) mass is 363 g/mol. The summed E-state index contributed by atoms with van der Waals surface area (Å²) >= 11 is 3.26. The van der Waals surface area contributed by atoms with Gasteiger partial charge in [0.15, 0.2) is 0 Å². The van der Waals surface area contributed by atoms with Gasteiger partial charge in [-0.3, -0.25) is 9.59 Å². The highest BCUT2D eigenvalue weighted by Gasteiger charge is 2.26. The molecule has 0 aliphatic carbocycles. The largest absolute Gasteiger partial charge is 0.351 e. The molecule has 7 heteroatoms. The summed E-state index contributed by atoms with van der Waals surface area (Å²) in [6.45, 7) is 3.56. The number of hydrogen-bond donors (Lipinski definition) is 1. The summed E-state index contributed by atoms with van der Waals surface area (Å²) in [7, 11) is 0. The molecule has 2 aromatic heterocycles. The van der Waals surface area contributed by atoms with Crippen LogP contribution < -0.4 is 5.32 Å². The molecule has 128 valence electrons. The van der Waals surface area contributed by atoms with Gasteiger partial charge in [0.1, 0.15) is 0 Å². The van der Waals surface area contributed by atoms with Crippen molar-refractivity contribution in [2.75, 3.05) is 13.1 Å². The Morgan fingerprint density at radius 1 is 1.42 bits per heavy atom. The zero-order chi connectivity index (χ0) is 16.9. The van der Waals surface area contributed by atoms with Crippen LogP contribution in [0.2, 0.25) is 0 Å². The summed E-state index contributed by atoms with van der Waals surface area (Å²) in [5.74, 6) is 0.465. The van der Waals surface area contributed by atoms with Crippen molar-refractivity contribution in [2.24, 2.45) is 0 Å². The highest BCUT2D eigenvalue weighted by molar-refractivity contribution is 7.10. The third-order valence-corrected chi connectivity index (χ3v) is 6.05. The molecule has 1 aliphatic heterocycles. The molecule has 1 fully saturated rings. The van der Waals surface area contributed by atoms with Gasteiger partial charge >= 0.3 is 0 Å². The molecule has 2 amide bonds. The summed E-state index contributed by atoms with van der Waals surface area (Å²) < 4.78 is 0. The lowest BCUT2D eigenvalue weighted by Gasteiger charge is -2.31. The van der Waals surface area contributed by atoms with E-state index in [0.29, 0.717) is 18.9 Å². The standard InChI is InChI=1S/C17H21N3O2S2/c1-12(21)18-9-14-11-24-17(19-14)13-4-2-6-20(10-13)16(22)8-15-5-3-7-23-15/h3,5,7,11,13H,2,4,6,8-10H2,1H3,(H,18,21)/t13-/m0/s1. The highest BCUT2D eigenvalue weighted by atomic mass is 32.1. The Morgan fingerprint density at radius 3 is 3.04 bits per heavy atom. The van der Waals surface area contributed by atoms with Gasteiger partial charge in [-0.1, -0.05) is 6.07 Å². The number of amides is 2. The van der Waals surface area contributed by atoms with Crippen molar-refractivity contribution in [3.05, 3.63) is 38.5 Å². The predicted octanol–water partition coefficient (Wildman–Crippen LogP) is 2.79. The maximum Gasteiger partial charge on any atom is 0.227 e. The molecule has 1 aliphatic rings. The summed E-state index contributed by atoms with van der Waals surface area (Å²) in [5.41, 5.74) is 0.896. The summed E-state index contributed by atoms with van der Waals surface area (Å²) in [6, 6.07) is 4.00. The van der Waals surface area contributed by atoms with Crippen LogP contribution in [0.3, 0.4) is 0 Å². The van der Waals surface area contributed by atoms with Gasteiger partial charge in [-0.2, -0.15) is 0 Å². The van der Waals surface area contributed by atoms with Crippen LogP contribution in [0, 0.1) is 0 Å². The van der Waals surface area contributed by atoms with Gasteiger partial charge < -0.3 is 10.2 Å². The van der Waals surface area contributed by atoms with Crippen molar-refractivity contribution in [3.8, 4) is 0 Å². The fourth-order valence-electron chi connectivity index (χ4n) is 2.89. The van der Waals surface area contributed by atoms with Crippen LogP contribution in [0.5, 0.6) is 0 Å². The predicted molar refractivity (Wildman–Crippen MR) is 96.2 cm³/mol. The van der Waals surface area contributed by atoms with Crippen molar-refractivity contribution < 1.29 is 9.59 Å². The van der Waals surface area contributed by atoms with E-state index >= 15 is 0 Å². The molecule has 0 unspecified atom stereocenters. The van der Waals surface area contributed by atoms with E-state index in [9.17, 15) is 9.59 Å². The average Bonchev–Trinajstić information content (AvgIpc) is 3.24. The van der Waals surface area contributed by atoms with E-state index in [1.54, 1.807) is 22.7 Å². The molecule has 0 radical (unpaired) electrons. The number of thiazole rings is 1. The maximum atomic E-state index is 12.5. The number of likely N-dealkylation sites (tertiary alicyclic amines) is 1. The van der Waals surface area contributed by atoms with Crippen molar-refractivity contribution in [1.29, 1.82) is 0 Å². The molecular formula is C17H21N3O2S2. The van der Waals surface area contributed by atoms with Gasteiger partial charge in [-0.25, -0.2) is 4.98 Å². The number of thiophene rings is 1. The minimum Gasteiger partial charge on any atom is -0.351 e. The number of nitrogens with one attached hydrogen (secondary N) is 1. The van der Waals surface area contributed by atoms with E-state index in [4.69, 9.17) is 0 Å². The third-order valence-electron chi connectivity index (χ3n) is 4.12. The molecule has 0 bridgehead atoms. The maximum absolute atomic E-state index is 12.5. The molecule has 0 saturated carbocycles. The van der Waals surface area contributed by atoms with Gasteiger partial charge in [0.05, 0.1) is 23.7 Å². The second-order valence-electron chi connectivity index (χ2n) is 6.02. The van der Waals surface area contributed by atoms with Gasteiger partial charge in [0, 0.05) is 36.2 Å². The Morgan fingerprint density at radius 2 is 2.29 bits per heavy atom. The van der Waals surface area contributed by atoms with Crippen LogP contribution in [0.4, 0.5) is 0 Å². The fraction of sp³-hybridized carbons (Fsp3) is 0.471. The second kappa shape index (κ2) is 7.90. The van der Waals surface area contributed by atoms with E-state index in [2.05, 4.69) is 10.3 Å². The number of piperidine rings is 1. The van der Waals surface area contributed by atoms with Gasteiger partial charge in [0.2, 0.25) is 11.8 Å².